The number of hydrogen-bond acceptors (Lipinski definition) is 5. The zero-order valence-electron chi connectivity index (χ0n) is 20.0. The Bertz CT molecular complexity index is 1410. The van der Waals surface area contributed by atoms with Crippen LogP contribution in [0, 0.1) is 6.92 Å². The van der Waals surface area contributed by atoms with E-state index < -0.39 is 11.7 Å². The van der Waals surface area contributed by atoms with Crippen LogP contribution in [0.3, 0.4) is 0 Å². The number of nitrogens with zero attached hydrogens (tertiary/aromatic N) is 4. The van der Waals surface area contributed by atoms with Crippen molar-refractivity contribution in [2.75, 3.05) is 26.2 Å². The Kier molecular flexibility index (Phi) is 7.08. The van der Waals surface area contributed by atoms with Gasteiger partial charge < -0.3 is 4.90 Å². The van der Waals surface area contributed by atoms with E-state index in [0.29, 0.717) is 34.8 Å². The Hall–Kier alpha value is -2.82. The van der Waals surface area contributed by atoms with Crippen LogP contribution in [-0.2, 0) is 17.5 Å². The first-order valence-electron chi connectivity index (χ1n) is 11.9. The van der Waals surface area contributed by atoms with Gasteiger partial charge in [0.05, 0.1) is 28.2 Å². The molecule has 0 bridgehead atoms. The molecule has 0 radical (unpaired) electrons. The maximum absolute atomic E-state index is 13.6. The van der Waals surface area contributed by atoms with Gasteiger partial charge >= 0.3 is 6.18 Å². The maximum Gasteiger partial charge on any atom is 0.416 e. The molecule has 2 aromatic carbocycles. The van der Waals surface area contributed by atoms with E-state index in [4.69, 9.17) is 11.6 Å². The molecule has 0 N–H and O–H groups in total. The average molecular weight is 549 g/mol. The lowest BCUT2D eigenvalue weighted by atomic mass is 10.1. The highest BCUT2D eigenvalue weighted by Gasteiger charge is 2.35. The normalized spacial score (nSPS) is 18.2. The maximum atomic E-state index is 13.6. The summed E-state index contributed by atoms with van der Waals surface area (Å²) in [6.07, 6.45) is -0.576. The van der Waals surface area contributed by atoms with Gasteiger partial charge in [0, 0.05) is 23.5 Å². The van der Waals surface area contributed by atoms with E-state index in [-0.39, 0.29) is 28.3 Å². The molecule has 1 aromatic heterocycles. The number of thioether (sulfide) groups is 1. The largest absolute Gasteiger partial charge is 0.416 e. The molecule has 3 aromatic rings. The number of aryl methyl sites for hydroxylation is 1. The van der Waals surface area contributed by atoms with Crippen LogP contribution in [0.25, 0.3) is 17.0 Å². The summed E-state index contributed by atoms with van der Waals surface area (Å²) in [5.74, 6) is -0.302. The monoisotopic (exact) mass is 548 g/mol. The van der Waals surface area contributed by atoms with Gasteiger partial charge in [-0.3, -0.25) is 19.2 Å². The second kappa shape index (κ2) is 10.2. The highest BCUT2D eigenvalue weighted by Crippen LogP contribution is 2.35. The molecule has 0 unspecified atom stereocenters. The number of benzene rings is 2. The van der Waals surface area contributed by atoms with Crippen molar-refractivity contribution >= 4 is 51.5 Å². The van der Waals surface area contributed by atoms with Gasteiger partial charge in [-0.05, 0) is 86.1 Å². The van der Waals surface area contributed by atoms with Crippen LogP contribution in [0.1, 0.15) is 35.2 Å². The number of carbonyl (C=O) groups is 2. The number of halogens is 4. The first kappa shape index (κ1) is 25.8. The van der Waals surface area contributed by atoms with Gasteiger partial charge in [0.2, 0.25) is 0 Å². The quantitative estimate of drug-likeness (QED) is 0.343. The minimum absolute atomic E-state index is 0.0164. The Labute approximate surface area is 221 Å². The third-order valence-electron chi connectivity index (χ3n) is 6.67. The number of amides is 2. The number of imide groups is 1. The number of carbonyl (C=O) groups excluding carboxylic acids is 2. The molecule has 2 fully saturated rings. The van der Waals surface area contributed by atoms with Gasteiger partial charge in [0.25, 0.3) is 11.1 Å². The van der Waals surface area contributed by atoms with E-state index in [9.17, 15) is 22.8 Å². The van der Waals surface area contributed by atoms with Crippen LogP contribution in [-0.4, -0.2) is 56.9 Å². The van der Waals surface area contributed by atoms with E-state index in [2.05, 4.69) is 10.00 Å². The Balaban J connectivity index is 1.38. The SMILES string of the molecule is Cc1nn(Cc2ccc(Cl)cc2C(F)(F)F)c2ccc(C=C3SC(=O)N(CCN4CCCC4)C3=O)cc12. The van der Waals surface area contributed by atoms with Crippen LogP contribution in [0.15, 0.2) is 41.3 Å². The number of rotatable bonds is 6. The molecule has 0 aliphatic carbocycles. The lowest BCUT2D eigenvalue weighted by Crippen LogP contribution is -2.36. The summed E-state index contributed by atoms with van der Waals surface area (Å²) < 4.78 is 42.2. The van der Waals surface area contributed by atoms with Crippen molar-refractivity contribution in [1.29, 1.82) is 0 Å². The summed E-state index contributed by atoms with van der Waals surface area (Å²) in [6.45, 7) is 4.74. The summed E-state index contributed by atoms with van der Waals surface area (Å²) in [4.78, 5) is 29.2. The fourth-order valence-electron chi connectivity index (χ4n) is 4.77. The number of hydrogen-bond donors (Lipinski definition) is 0. The minimum atomic E-state index is -4.54. The molecule has 3 heterocycles. The highest BCUT2D eigenvalue weighted by molar-refractivity contribution is 8.18. The van der Waals surface area contributed by atoms with E-state index in [1.54, 1.807) is 25.1 Å². The first-order valence-corrected chi connectivity index (χ1v) is 13.1. The first-order chi connectivity index (χ1) is 17.6. The van der Waals surface area contributed by atoms with Gasteiger partial charge in [-0.1, -0.05) is 23.7 Å². The van der Waals surface area contributed by atoms with Crippen molar-refractivity contribution in [3.05, 3.63) is 68.7 Å². The molecule has 194 valence electrons. The van der Waals surface area contributed by atoms with Crippen LogP contribution in [0.5, 0.6) is 0 Å². The predicted molar refractivity (Wildman–Crippen MR) is 138 cm³/mol. The molecule has 6 nitrogen and oxygen atoms in total. The van der Waals surface area contributed by atoms with Gasteiger partial charge in [-0.15, -0.1) is 0 Å². The number of aromatic nitrogens is 2. The summed E-state index contributed by atoms with van der Waals surface area (Å²) in [7, 11) is 0. The smallest absolute Gasteiger partial charge is 0.302 e. The molecule has 0 atom stereocenters. The van der Waals surface area contributed by atoms with Crippen molar-refractivity contribution in [3.8, 4) is 0 Å². The number of alkyl halides is 3. The fraction of sp³-hybridized carbons (Fsp3) is 0.346. The molecular formula is C26H24ClF3N4O2S. The highest BCUT2D eigenvalue weighted by atomic mass is 35.5. The Morgan fingerprint density at radius 3 is 2.57 bits per heavy atom. The van der Waals surface area contributed by atoms with Gasteiger partial charge in [-0.2, -0.15) is 18.3 Å². The molecule has 2 amide bonds. The van der Waals surface area contributed by atoms with Crippen LogP contribution in [0.2, 0.25) is 5.02 Å². The third-order valence-corrected chi connectivity index (χ3v) is 7.81. The molecule has 5 rings (SSSR count). The van der Waals surface area contributed by atoms with Crippen LogP contribution >= 0.6 is 23.4 Å². The van der Waals surface area contributed by atoms with E-state index in [1.807, 2.05) is 6.07 Å². The van der Waals surface area contributed by atoms with Gasteiger partial charge in [0.15, 0.2) is 0 Å². The lowest BCUT2D eigenvalue weighted by molar-refractivity contribution is -0.138. The lowest BCUT2D eigenvalue weighted by Gasteiger charge is -2.18. The van der Waals surface area contributed by atoms with Crippen molar-refractivity contribution in [2.24, 2.45) is 0 Å². The van der Waals surface area contributed by atoms with Crippen LogP contribution < -0.4 is 0 Å². The summed E-state index contributed by atoms with van der Waals surface area (Å²) in [5, 5.41) is 4.96. The molecule has 0 spiro atoms. The van der Waals surface area contributed by atoms with Gasteiger partial charge in [-0.25, -0.2) is 0 Å². The van der Waals surface area contributed by atoms with E-state index >= 15 is 0 Å². The second-order valence-electron chi connectivity index (χ2n) is 9.20. The second-order valence-corrected chi connectivity index (χ2v) is 10.6. The fourth-order valence-corrected chi connectivity index (χ4v) is 5.81. The topological polar surface area (TPSA) is 58.4 Å². The molecular weight excluding hydrogens is 525 g/mol. The van der Waals surface area contributed by atoms with Crippen molar-refractivity contribution < 1.29 is 22.8 Å². The molecule has 2 aliphatic heterocycles. The van der Waals surface area contributed by atoms with Crippen molar-refractivity contribution in [1.82, 2.24) is 19.6 Å². The number of fused-ring (bicyclic) bond motifs is 1. The van der Waals surface area contributed by atoms with E-state index in [1.165, 1.54) is 21.7 Å². The summed E-state index contributed by atoms with van der Waals surface area (Å²) in [6, 6.07) is 9.08. The standard InChI is InChI=1S/C26H24ClF3N4O2S/c1-16-20-12-17(13-23-24(35)33(25(36)37-23)11-10-32-8-2-3-9-32)4-7-22(20)34(31-16)15-18-5-6-19(27)14-21(18)26(28,29)30/h4-7,12-14H,2-3,8-11,15H2,1H3. The van der Waals surface area contributed by atoms with Gasteiger partial charge in [0.1, 0.15) is 0 Å². The minimum Gasteiger partial charge on any atom is -0.302 e. The zero-order valence-corrected chi connectivity index (χ0v) is 21.6. The van der Waals surface area contributed by atoms with Crippen molar-refractivity contribution in [3.63, 3.8) is 0 Å². The van der Waals surface area contributed by atoms with Crippen LogP contribution in [0.4, 0.5) is 18.0 Å². The Morgan fingerprint density at radius 2 is 1.84 bits per heavy atom. The molecule has 0 saturated carbocycles. The summed E-state index contributed by atoms with van der Waals surface area (Å²) >= 11 is 6.73. The third kappa shape index (κ3) is 5.42. The molecule has 2 aliphatic rings. The Morgan fingerprint density at radius 1 is 1.08 bits per heavy atom. The zero-order chi connectivity index (χ0) is 26.3. The van der Waals surface area contributed by atoms with E-state index in [0.717, 1.165) is 49.1 Å². The average Bonchev–Trinajstić information content (AvgIpc) is 3.53. The number of likely N-dealkylation sites (tertiary alicyclic amines) is 1. The predicted octanol–water partition coefficient (Wildman–Crippen LogP) is 6.20. The summed E-state index contributed by atoms with van der Waals surface area (Å²) in [5.41, 5.74) is 1.29. The molecule has 11 heteroatoms. The van der Waals surface area contributed by atoms with Crippen molar-refractivity contribution in [2.45, 2.75) is 32.5 Å². The molecule has 2 saturated heterocycles. The molecule has 37 heavy (non-hydrogen) atoms.